The molecule has 1 aromatic rings. The summed E-state index contributed by atoms with van der Waals surface area (Å²) in [4.78, 5) is 25.6. The highest BCUT2D eigenvalue weighted by Gasteiger charge is 2.23. The summed E-state index contributed by atoms with van der Waals surface area (Å²) in [6, 6.07) is 3.23. The summed E-state index contributed by atoms with van der Waals surface area (Å²) >= 11 is 0. The van der Waals surface area contributed by atoms with Crippen molar-refractivity contribution in [1.82, 2.24) is 10.2 Å². The smallest absolute Gasteiger partial charge is 0.254 e. The maximum Gasteiger partial charge on any atom is 0.254 e. The van der Waals surface area contributed by atoms with Crippen LogP contribution in [0, 0.1) is 0 Å². The average Bonchev–Trinajstić information content (AvgIpc) is 2.77. The van der Waals surface area contributed by atoms with Gasteiger partial charge in [-0.2, -0.15) is 0 Å². The molecule has 2 rings (SSSR count). The van der Waals surface area contributed by atoms with E-state index in [9.17, 15) is 9.59 Å². The number of hydrogen-bond acceptors (Lipinski definition) is 5. The van der Waals surface area contributed by atoms with Gasteiger partial charge in [0.25, 0.3) is 5.91 Å². The van der Waals surface area contributed by atoms with Crippen molar-refractivity contribution in [2.45, 2.75) is 6.42 Å². The van der Waals surface area contributed by atoms with E-state index in [-0.39, 0.29) is 11.8 Å². The van der Waals surface area contributed by atoms with Crippen LogP contribution in [0.2, 0.25) is 0 Å². The number of nitrogens with zero attached hydrogens (tertiary/aromatic N) is 1. The van der Waals surface area contributed by atoms with Gasteiger partial charge < -0.3 is 24.4 Å². The number of hydrogen-bond donors (Lipinski definition) is 1. The normalized spacial score (nSPS) is 14.9. The Morgan fingerprint density at radius 1 is 1.09 bits per heavy atom. The molecule has 120 valence electrons. The zero-order chi connectivity index (χ0) is 16.1. The molecule has 0 atom stereocenters. The predicted molar refractivity (Wildman–Crippen MR) is 79.6 cm³/mol. The van der Waals surface area contributed by atoms with E-state index in [1.54, 1.807) is 17.0 Å². The third-order valence-electron chi connectivity index (χ3n) is 3.51. The van der Waals surface area contributed by atoms with Crippen LogP contribution < -0.4 is 19.5 Å². The van der Waals surface area contributed by atoms with Crippen molar-refractivity contribution < 1.29 is 23.8 Å². The minimum absolute atomic E-state index is 0.0415. The number of carbonyl (C=O) groups excluding carboxylic acids is 2. The minimum atomic E-state index is -0.171. The first-order chi connectivity index (χ1) is 10.6. The van der Waals surface area contributed by atoms with Crippen molar-refractivity contribution in [2.24, 2.45) is 0 Å². The van der Waals surface area contributed by atoms with E-state index >= 15 is 0 Å². The minimum Gasteiger partial charge on any atom is -0.493 e. The van der Waals surface area contributed by atoms with Crippen molar-refractivity contribution in [1.29, 1.82) is 0 Å². The highest BCUT2D eigenvalue weighted by Crippen LogP contribution is 2.38. The first-order valence-corrected chi connectivity index (χ1v) is 6.96. The third kappa shape index (κ3) is 3.24. The van der Waals surface area contributed by atoms with Gasteiger partial charge in [-0.15, -0.1) is 0 Å². The molecule has 0 unspecified atom stereocenters. The SMILES string of the molecule is COc1cc(C(=O)N2CCNC(=O)CC2)cc(OC)c1OC. The van der Waals surface area contributed by atoms with Crippen LogP contribution >= 0.6 is 0 Å². The van der Waals surface area contributed by atoms with E-state index < -0.39 is 0 Å². The molecular formula is C15H20N2O5. The summed E-state index contributed by atoms with van der Waals surface area (Å²) in [5.74, 6) is 1.08. The lowest BCUT2D eigenvalue weighted by Crippen LogP contribution is -2.34. The lowest BCUT2D eigenvalue weighted by Gasteiger charge is -2.21. The van der Waals surface area contributed by atoms with Crippen molar-refractivity contribution in [3.63, 3.8) is 0 Å². The van der Waals surface area contributed by atoms with E-state index in [1.165, 1.54) is 21.3 Å². The van der Waals surface area contributed by atoms with Crippen LogP contribution in [0.4, 0.5) is 0 Å². The van der Waals surface area contributed by atoms with E-state index in [0.717, 1.165) is 0 Å². The molecule has 1 N–H and O–H groups in total. The second-order valence-corrected chi connectivity index (χ2v) is 4.81. The van der Waals surface area contributed by atoms with Gasteiger partial charge in [0.05, 0.1) is 21.3 Å². The average molecular weight is 308 g/mol. The molecule has 7 nitrogen and oxygen atoms in total. The van der Waals surface area contributed by atoms with Crippen LogP contribution in [0.25, 0.3) is 0 Å². The molecule has 1 aliphatic rings. The monoisotopic (exact) mass is 308 g/mol. The zero-order valence-electron chi connectivity index (χ0n) is 13.0. The van der Waals surface area contributed by atoms with E-state index in [4.69, 9.17) is 14.2 Å². The summed E-state index contributed by atoms with van der Waals surface area (Å²) in [6.45, 7) is 1.32. The molecule has 0 spiro atoms. The van der Waals surface area contributed by atoms with Gasteiger partial charge in [-0.1, -0.05) is 0 Å². The zero-order valence-corrected chi connectivity index (χ0v) is 13.0. The molecule has 22 heavy (non-hydrogen) atoms. The number of benzene rings is 1. The van der Waals surface area contributed by atoms with Gasteiger partial charge in [-0.05, 0) is 12.1 Å². The number of methoxy groups -OCH3 is 3. The number of nitrogens with one attached hydrogen (secondary N) is 1. The fraction of sp³-hybridized carbons (Fsp3) is 0.467. The summed E-state index contributed by atoms with van der Waals surface area (Å²) in [5.41, 5.74) is 0.434. The van der Waals surface area contributed by atoms with Gasteiger partial charge >= 0.3 is 0 Å². The standard InChI is InChI=1S/C15H20N2O5/c1-20-11-8-10(9-12(21-2)14(11)22-3)15(19)17-6-4-13(18)16-5-7-17/h8-9H,4-7H2,1-3H3,(H,16,18). The quantitative estimate of drug-likeness (QED) is 0.885. The Balaban J connectivity index is 2.31. The first-order valence-electron chi connectivity index (χ1n) is 6.96. The molecule has 0 aliphatic carbocycles. The maximum absolute atomic E-state index is 12.6. The Hall–Kier alpha value is -2.44. The van der Waals surface area contributed by atoms with Gasteiger partial charge in [0.2, 0.25) is 11.7 Å². The van der Waals surface area contributed by atoms with Gasteiger partial charge in [0, 0.05) is 31.6 Å². The van der Waals surface area contributed by atoms with Gasteiger partial charge in [-0.3, -0.25) is 9.59 Å². The van der Waals surface area contributed by atoms with Gasteiger partial charge in [0.1, 0.15) is 0 Å². The molecular weight excluding hydrogens is 288 g/mol. The van der Waals surface area contributed by atoms with Crippen molar-refractivity contribution in [3.8, 4) is 17.2 Å². The Labute approximate surface area is 129 Å². The van der Waals surface area contributed by atoms with Crippen molar-refractivity contribution in [2.75, 3.05) is 41.0 Å². The molecule has 0 saturated carbocycles. The molecule has 1 heterocycles. The van der Waals surface area contributed by atoms with Gasteiger partial charge in [0.15, 0.2) is 11.5 Å². The number of amides is 2. The van der Waals surface area contributed by atoms with Crippen LogP contribution in [0.5, 0.6) is 17.2 Å². The third-order valence-corrected chi connectivity index (χ3v) is 3.51. The Kier molecular flexibility index (Phi) is 5.08. The van der Waals surface area contributed by atoms with E-state index in [1.807, 2.05) is 0 Å². The molecule has 1 aliphatic heterocycles. The number of rotatable bonds is 4. The van der Waals surface area contributed by atoms with E-state index in [0.29, 0.717) is 48.9 Å². The molecule has 0 aromatic heterocycles. The summed E-state index contributed by atoms with van der Waals surface area (Å²) < 4.78 is 15.8. The number of carbonyl (C=O) groups is 2. The summed E-state index contributed by atoms with van der Waals surface area (Å²) in [5, 5.41) is 2.74. The fourth-order valence-corrected chi connectivity index (χ4v) is 2.36. The van der Waals surface area contributed by atoms with Crippen molar-refractivity contribution >= 4 is 11.8 Å². The largest absolute Gasteiger partial charge is 0.493 e. The summed E-state index contributed by atoms with van der Waals surface area (Å²) in [6.07, 6.45) is 0.302. The van der Waals surface area contributed by atoms with Crippen LogP contribution in [-0.4, -0.2) is 57.7 Å². The van der Waals surface area contributed by atoms with Gasteiger partial charge in [-0.25, -0.2) is 0 Å². The molecule has 7 heteroatoms. The Morgan fingerprint density at radius 2 is 1.73 bits per heavy atom. The predicted octanol–water partition coefficient (Wildman–Crippen LogP) is 0.675. The van der Waals surface area contributed by atoms with Crippen LogP contribution in [0.15, 0.2) is 12.1 Å². The second-order valence-electron chi connectivity index (χ2n) is 4.81. The van der Waals surface area contributed by atoms with Crippen molar-refractivity contribution in [3.05, 3.63) is 17.7 Å². The number of ether oxygens (including phenoxy) is 3. The molecule has 0 bridgehead atoms. The lowest BCUT2D eigenvalue weighted by atomic mass is 10.1. The Morgan fingerprint density at radius 3 is 2.27 bits per heavy atom. The first kappa shape index (κ1) is 15.9. The second kappa shape index (κ2) is 7.02. The lowest BCUT2D eigenvalue weighted by molar-refractivity contribution is -0.120. The molecule has 1 fully saturated rings. The molecule has 2 amide bonds. The van der Waals surface area contributed by atoms with Crippen LogP contribution in [0.1, 0.15) is 16.8 Å². The van der Waals surface area contributed by atoms with Crippen LogP contribution in [0.3, 0.4) is 0 Å². The Bertz CT molecular complexity index is 548. The molecule has 1 aromatic carbocycles. The van der Waals surface area contributed by atoms with E-state index in [2.05, 4.69) is 5.32 Å². The summed E-state index contributed by atoms with van der Waals surface area (Å²) in [7, 11) is 4.51. The fourth-order valence-electron chi connectivity index (χ4n) is 2.36. The molecule has 0 radical (unpaired) electrons. The highest BCUT2D eigenvalue weighted by atomic mass is 16.5. The topological polar surface area (TPSA) is 77.1 Å². The highest BCUT2D eigenvalue weighted by molar-refractivity contribution is 5.96. The van der Waals surface area contributed by atoms with Crippen LogP contribution in [-0.2, 0) is 4.79 Å². The maximum atomic E-state index is 12.6. The molecule has 1 saturated heterocycles.